The summed E-state index contributed by atoms with van der Waals surface area (Å²) in [4.78, 5) is 23.6. The Morgan fingerprint density at radius 2 is 2.09 bits per heavy atom. The number of ether oxygens (including phenoxy) is 1. The molecule has 0 aliphatic heterocycles. The molecule has 3 aromatic rings. The number of nitrogens with zero attached hydrogens (tertiary/aromatic N) is 2. The zero-order chi connectivity index (χ0) is 23.8. The van der Waals surface area contributed by atoms with E-state index in [9.17, 15) is 9.90 Å². The number of hydrogen-bond donors (Lipinski definition) is 5. The summed E-state index contributed by atoms with van der Waals surface area (Å²) in [5, 5.41) is 17.5. The van der Waals surface area contributed by atoms with E-state index < -0.39 is 5.54 Å². The number of hydrogen-bond acceptors (Lipinski definition) is 8. The van der Waals surface area contributed by atoms with Crippen molar-refractivity contribution < 1.29 is 9.84 Å². The molecule has 0 amide bonds. The molecule has 0 radical (unpaired) electrons. The fourth-order valence-corrected chi connectivity index (χ4v) is 3.76. The van der Waals surface area contributed by atoms with Crippen molar-refractivity contribution in [2.45, 2.75) is 45.2 Å². The van der Waals surface area contributed by atoms with Crippen molar-refractivity contribution in [3.63, 3.8) is 0 Å². The number of pyridine rings is 1. The van der Waals surface area contributed by atoms with Gasteiger partial charge in [0.15, 0.2) is 0 Å². The average Bonchev–Trinajstić information content (AvgIpc) is 2.80. The van der Waals surface area contributed by atoms with Gasteiger partial charge in [-0.2, -0.15) is 4.98 Å². The zero-order valence-corrected chi connectivity index (χ0v) is 19.6. The summed E-state index contributed by atoms with van der Waals surface area (Å²) in [5.41, 5.74) is 8.63. The minimum Gasteiger partial charge on any atom is -0.394 e. The van der Waals surface area contributed by atoms with Gasteiger partial charge in [-0.25, -0.2) is 4.98 Å². The Morgan fingerprint density at radius 3 is 2.82 bits per heavy atom. The third-order valence-electron chi connectivity index (χ3n) is 5.68. The van der Waals surface area contributed by atoms with E-state index in [2.05, 4.69) is 32.5 Å². The van der Waals surface area contributed by atoms with Gasteiger partial charge in [-0.3, -0.25) is 4.79 Å². The number of unbranched alkanes of at least 4 members (excludes halogenated alkanes) is 1. The largest absolute Gasteiger partial charge is 0.394 e. The molecule has 2 aromatic heterocycles. The Kier molecular flexibility index (Phi) is 8.37. The highest BCUT2D eigenvalue weighted by molar-refractivity contribution is 5.93. The first-order chi connectivity index (χ1) is 15.9. The van der Waals surface area contributed by atoms with Gasteiger partial charge in [-0.05, 0) is 42.2 Å². The van der Waals surface area contributed by atoms with E-state index in [-0.39, 0.29) is 18.1 Å². The van der Waals surface area contributed by atoms with Crippen LogP contribution in [-0.4, -0.2) is 52.5 Å². The molecule has 0 fully saturated rings. The number of aromatic amines is 1. The molecular formula is C24H34N6O3. The maximum absolute atomic E-state index is 12.1. The van der Waals surface area contributed by atoms with Crippen LogP contribution in [0.1, 0.15) is 38.7 Å². The first kappa shape index (κ1) is 24.6. The summed E-state index contributed by atoms with van der Waals surface area (Å²) in [6, 6.07) is 7.37. The third kappa shape index (κ3) is 6.28. The fraction of sp³-hybridized carbons (Fsp3) is 0.458. The third-order valence-corrected chi connectivity index (χ3v) is 5.68. The van der Waals surface area contributed by atoms with E-state index in [4.69, 9.17) is 10.5 Å². The molecule has 0 bridgehead atoms. The molecule has 2 heterocycles. The van der Waals surface area contributed by atoms with Crippen molar-refractivity contribution in [3.8, 4) is 11.1 Å². The fourth-order valence-electron chi connectivity index (χ4n) is 3.76. The summed E-state index contributed by atoms with van der Waals surface area (Å²) in [7, 11) is 1.66. The number of benzene rings is 1. The Labute approximate surface area is 193 Å². The Hall–Kier alpha value is -3.01. The Morgan fingerprint density at radius 1 is 1.27 bits per heavy atom. The number of aromatic nitrogens is 3. The number of fused-ring (bicyclic) bond motifs is 1. The maximum Gasteiger partial charge on any atom is 0.248 e. The monoisotopic (exact) mass is 454 g/mol. The van der Waals surface area contributed by atoms with E-state index in [1.54, 1.807) is 19.4 Å². The molecular weight excluding hydrogens is 420 g/mol. The van der Waals surface area contributed by atoms with Crippen molar-refractivity contribution in [2.24, 2.45) is 0 Å². The van der Waals surface area contributed by atoms with Crippen LogP contribution in [0.25, 0.3) is 22.0 Å². The van der Waals surface area contributed by atoms with Crippen LogP contribution < -0.4 is 21.9 Å². The molecule has 178 valence electrons. The van der Waals surface area contributed by atoms with Crippen LogP contribution in [0.5, 0.6) is 0 Å². The number of rotatable bonds is 12. The van der Waals surface area contributed by atoms with Gasteiger partial charge in [-0.1, -0.05) is 25.8 Å². The van der Waals surface area contributed by atoms with Crippen LogP contribution in [0.3, 0.4) is 0 Å². The molecule has 0 spiro atoms. The van der Waals surface area contributed by atoms with Crippen molar-refractivity contribution in [1.82, 2.24) is 20.3 Å². The quantitative estimate of drug-likeness (QED) is 0.263. The second kappa shape index (κ2) is 11.2. The van der Waals surface area contributed by atoms with Crippen molar-refractivity contribution in [3.05, 3.63) is 46.4 Å². The van der Waals surface area contributed by atoms with Crippen LogP contribution in [0.2, 0.25) is 0 Å². The number of nitrogens with two attached hydrogens (primary N) is 1. The van der Waals surface area contributed by atoms with Gasteiger partial charge in [0.25, 0.3) is 0 Å². The van der Waals surface area contributed by atoms with Crippen LogP contribution in [0, 0.1) is 0 Å². The summed E-state index contributed by atoms with van der Waals surface area (Å²) in [6.07, 6.45) is 4.54. The molecule has 33 heavy (non-hydrogen) atoms. The van der Waals surface area contributed by atoms with E-state index >= 15 is 0 Å². The van der Waals surface area contributed by atoms with E-state index in [1.807, 2.05) is 25.1 Å². The zero-order valence-electron chi connectivity index (χ0n) is 19.6. The lowest BCUT2D eigenvalue weighted by Gasteiger charge is -2.30. The van der Waals surface area contributed by atoms with Gasteiger partial charge in [0.2, 0.25) is 11.5 Å². The smallest absolute Gasteiger partial charge is 0.248 e. The van der Waals surface area contributed by atoms with Gasteiger partial charge in [0.1, 0.15) is 5.82 Å². The van der Waals surface area contributed by atoms with Crippen molar-refractivity contribution in [2.75, 3.05) is 37.9 Å². The highest BCUT2D eigenvalue weighted by Gasteiger charge is 2.24. The first-order valence-corrected chi connectivity index (χ1v) is 11.3. The van der Waals surface area contributed by atoms with E-state index in [0.29, 0.717) is 31.0 Å². The lowest BCUT2D eigenvalue weighted by Crippen LogP contribution is -2.39. The number of aliphatic hydroxyl groups excluding tert-OH is 1. The van der Waals surface area contributed by atoms with E-state index in [1.165, 1.54) is 0 Å². The van der Waals surface area contributed by atoms with E-state index in [0.717, 1.165) is 41.3 Å². The predicted octanol–water partition coefficient (Wildman–Crippen LogP) is 2.66. The van der Waals surface area contributed by atoms with Gasteiger partial charge in [0.05, 0.1) is 24.3 Å². The summed E-state index contributed by atoms with van der Waals surface area (Å²) >= 11 is 0. The van der Waals surface area contributed by atoms with Crippen LogP contribution in [0.15, 0.2) is 35.3 Å². The minimum absolute atomic E-state index is 0.0251. The van der Waals surface area contributed by atoms with Crippen molar-refractivity contribution in [1.29, 1.82) is 0 Å². The minimum atomic E-state index is -0.518. The lowest BCUT2D eigenvalue weighted by molar-refractivity contribution is 0.199. The molecule has 0 saturated heterocycles. The lowest BCUT2D eigenvalue weighted by atomic mass is 9.95. The summed E-state index contributed by atoms with van der Waals surface area (Å²) < 4.78 is 5.08. The second-order valence-corrected chi connectivity index (χ2v) is 8.52. The molecule has 0 unspecified atom stereocenters. The normalized spacial score (nSPS) is 13.2. The molecule has 0 saturated carbocycles. The Bertz CT molecular complexity index is 1130. The van der Waals surface area contributed by atoms with Crippen LogP contribution in [-0.2, 0) is 11.3 Å². The Balaban J connectivity index is 1.98. The molecule has 0 aliphatic carbocycles. The van der Waals surface area contributed by atoms with Gasteiger partial charge in [-0.15, -0.1) is 0 Å². The average molecular weight is 455 g/mol. The molecule has 1 aromatic carbocycles. The molecule has 6 N–H and O–H groups in total. The molecule has 0 aliphatic rings. The van der Waals surface area contributed by atoms with Crippen LogP contribution in [0.4, 0.5) is 11.8 Å². The molecule has 3 rings (SSSR count). The summed E-state index contributed by atoms with van der Waals surface area (Å²) in [5.74, 6) is 0.731. The highest BCUT2D eigenvalue weighted by Crippen LogP contribution is 2.30. The van der Waals surface area contributed by atoms with Crippen LogP contribution >= 0.6 is 0 Å². The number of methoxy groups -OCH3 is 1. The maximum atomic E-state index is 12.1. The number of anilines is 2. The van der Waals surface area contributed by atoms with Gasteiger partial charge in [0, 0.05) is 37.8 Å². The van der Waals surface area contributed by atoms with Gasteiger partial charge >= 0.3 is 0 Å². The number of nitrogens with one attached hydrogen (secondary N) is 3. The predicted molar refractivity (Wildman–Crippen MR) is 132 cm³/mol. The number of H-pyrrole nitrogens is 1. The van der Waals surface area contributed by atoms with Gasteiger partial charge < -0.3 is 31.2 Å². The molecule has 9 heteroatoms. The highest BCUT2D eigenvalue weighted by atomic mass is 16.5. The summed E-state index contributed by atoms with van der Waals surface area (Å²) in [6.45, 7) is 5.95. The topological polar surface area (TPSA) is 138 Å². The molecule has 9 nitrogen and oxygen atoms in total. The first-order valence-electron chi connectivity index (χ1n) is 11.3. The standard InChI is InChI=1S/C24H34N6O3/c1-4-5-8-24(2,15-31)30-22-18-7-6-16(11-20(18)28-23(25)29-22)19-12-21(32)27-14-17(19)13-26-9-10-33-3/h6-7,11-12,14,26,31H,4-5,8-10,13,15H2,1-3H3,(H,27,32)(H3,25,28,29,30)/t24-/m1/s1. The second-order valence-electron chi connectivity index (χ2n) is 8.52. The SMILES string of the molecule is CCCC[C@](C)(CO)Nc1nc(N)nc2cc(-c3cc(=O)[nH]cc3CNCCOC)ccc12. The number of aliphatic hydroxyl groups is 1. The van der Waals surface area contributed by atoms with Crippen molar-refractivity contribution >= 4 is 22.7 Å². The number of nitrogen functional groups attached to an aromatic ring is 1. The molecule has 1 atom stereocenters.